The number of aliphatic hydroxyl groups is 1. The Bertz CT molecular complexity index is 1240. The predicted molar refractivity (Wildman–Crippen MR) is 180 cm³/mol. The van der Waals surface area contributed by atoms with Gasteiger partial charge in [-0.05, 0) is 67.3 Å². The second-order valence-corrected chi connectivity index (χ2v) is 17.9. The lowest BCUT2D eigenvalue weighted by Crippen LogP contribution is -2.40. The van der Waals surface area contributed by atoms with Crippen molar-refractivity contribution in [3.05, 3.63) is 94.8 Å². The number of oxazole rings is 1. The fourth-order valence-electron chi connectivity index (χ4n) is 4.51. The van der Waals surface area contributed by atoms with Crippen LogP contribution >= 0.6 is 0 Å². The molecule has 1 N–H and O–H groups in total. The molecule has 43 heavy (non-hydrogen) atoms. The van der Waals surface area contributed by atoms with Crippen molar-refractivity contribution in [2.24, 2.45) is 5.92 Å². The van der Waals surface area contributed by atoms with E-state index in [1.165, 1.54) is 0 Å². The quantitative estimate of drug-likeness (QED) is 0.116. The van der Waals surface area contributed by atoms with E-state index >= 15 is 0 Å². The van der Waals surface area contributed by atoms with E-state index in [1.807, 2.05) is 70.2 Å². The molecule has 0 fully saturated rings. The van der Waals surface area contributed by atoms with Crippen LogP contribution in [0.4, 0.5) is 0 Å². The molecule has 7 heteroatoms. The number of hydrogen-bond acceptors (Lipinski definition) is 6. The van der Waals surface area contributed by atoms with Gasteiger partial charge < -0.3 is 23.4 Å². The number of methoxy groups -OCH3 is 1. The molecule has 0 amide bonds. The minimum absolute atomic E-state index is 0.143. The molecule has 0 aliphatic carbocycles. The number of nitrogens with zero attached hydrogens (tertiary/aromatic N) is 1. The highest BCUT2D eigenvalue weighted by Crippen LogP contribution is 2.36. The summed E-state index contributed by atoms with van der Waals surface area (Å²) in [5, 5.41) is 11.6. The van der Waals surface area contributed by atoms with Gasteiger partial charge >= 0.3 is 0 Å². The Morgan fingerprint density at radius 2 is 1.77 bits per heavy atom. The van der Waals surface area contributed by atoms with Gasteiger partial charge in [-0.15, -0.1) is 0 Å². The molecule has 1 heterocycles. The number of aryl methyl sites for hydroxylation is 1. The lowest BCUT2D eigenvalue weighted by molar-refractivity contribution is -0.0249. The molecule has 0 bridgehead atoms. The maximum absolute atomic E-state index is 11.4. The van der Waals surface area contributed by atoms with Crippen molar-refractivity contribution >= 4 is 14.4 Å². The van der Waals surface area contributed by atoms with Crippen LogP contribution in [0.2, 0.25) is 18.1 Å². The summed E-state index contributed by atoms with van der Waals surface area (Å²) in [4.78, 5) is 4.32. The van der Waals surface area contributed by atoms with E-state index in [4.69, 9.17) is 18.3 Å². The molecule has 6 nitrogen and oxygen atoms in total. The summed E-state index contributed by atoms with van der Waals surface area (Å²) >= 11 is 0. The number of rotatable bonds is 16. The smallest absolute Gasteiger partial charge is 0.192 e. The highest BCUT2D eigenvalue weighted by atomic mass is 28.4. The van der Waals surface area contributed by atoms with E-state index in [2.05, 4.69) is 64.0 Å². The topological polar surface area (TPSA) is 74.0 Å². The van der Waals surface area contributed by atoms with Crippen LogP contribution in [0.5, 0.6) is 0 Å². The lowest BCUT2D eigenvalue weighted by atomic mass is 9.88. The largest absolute Gasteiger partial charge is 0.449 e. The van der Waals surface area contributed by atoms with Crippen molar-refractivity contribution in [3.63, 3.8) is 0 Å². The first-order valence-corrected chi connectivity index (χ1v) is 18.2. The zero-order valence-corrected chi connectivity index (χ0v) is 29.3. The third-order valence-electron chi connectivity index (χ3n) is 8.43. The van der Waals surface area contributed by atoms with Crippen LogP contribution in [-0.4, -0.2) is 50.4 Å². The monoisotopic (exact) mass is 609 g/mol. The molecule has 0 aliphatic heterocycles. The average molecular weight is 610 g/mol. The van der Waals surface area contributed by atoms with Gasteiger partial charge in [-0.1, -0.05) is 82.3 Å². The Morgan fingerprint density at radius 1 is 1.09 bits per heavy atom. The van der Waals surface area contributed by atoms with E-state index in [0.29, 0.717) is 25.5 Å². The van der Waals surface area contributed by atoms with Crippen LogP contribution in [0.25, 0.3) is 6.08 Å². The summed E-state index contributed by atoms with van der Waals surface area (Å²) < 4.78 is 24.0. The lowest BCUT2D eigenvalue weighted by Gasteiger charge is -2.36. The highest BCUT2D eigenvalue weighted by molar-refractivity contribution is 6.74. The van der Waals surface area contributed by atoms with Crippen LogP contribution < -0.4 is 0 Å². The molecule has 0 unspecified atom stereocenters. The first-order chi connectivity index (χ1) is 20.1. The van der Waals surface area contributed by atoms with E-state index in [-0.39, 0.29) is 23.2 Å². The number of aromatic nitrogens is 1. The van der Waals surface area contributed by atoms with Crippen LogP contribution in [-0.2, 0) is 20.5 Å². The molecular weight excluding hydrogens is 554 g/mol. The Balaban J connectivity index is 2.14. The molecule has 0 radical (unpaired) electrons. The molecule has 0 spiro atoms. The molecule has 0 saturated heterocycles. The van der Waals surface area contributed by atoms with Gasteiger partial charge in [-0.3, -0.25) is 0 Å². The number of ether oxygens (including phenoxy) is 2. The summed E-state index contributed by atoms with van der Waals surface area (Å²) in [6.07, 6.45) is 11.1. The first-order valence-electron chi connectivity index (χ1n) is 15.3. The minimum Gasteiger partial charge on any atom is -0.449 e. The second kappa shape index (κ2) is 17.1. The van der Waals surface area contributed by atoms with E-state index in [0.717, 1.165) is 28.0 Å². The second-order valence-electron chi connectivity index (χ2n) is 13.1. The molecule has 1 aromatic carbocycles. The van der Waals surface area contributed by atoms with Gasteiger partial charge in [0, 0.05) is 26.4 Å². The fourth-order valence-corrected chi connectivity index (χ4v) is 5.44. The SMILES string of the molecule is CO[C@@H](/C(C)=C/C=C/C(C)=C/c1coc(C)n1)[C@@H](C)[C@H](O)C[C@H](OCc1ccccc1)/C(C)=C/CO[Si](C)(C)C(C)(C)C. The van der Waals surface area contributed by atoms with Crippen LogP contribution in [0.3, 0.4) is 0 Å². The maximum atomic E-state index is 11.4. The summed E-state index contributed by atoms with van der Waals surface area (Å²) in [6.45, 7) is 22.3. The number of hydrogen-bond donors (Lipinski definition) is 1. The number of benzene rings is 1. The van der Waals surface area contributed by atoms with Gasteiger partial charge in [-0.2, -0.15) is 0 Å². The molecular formula is C36H55NO5Si. The zero-order valence-electron chi connectivity index (χ0n) is 28.3. The van der Waals surface area contributed by atoms with Gasteiger partial charge in [0.2, 0.25) is 0 Å². The van der Waals surface area contributed by atoms with Gasteiger partial charge in [0.05, 0.1) is 31.5 Å². The van der Waals surface area contributed by atoms with Crippen LogP contribution in [0.1, 0.15) is 72.0 Å². The van der Waals surface area contributed by atoms with Gasteiger partial charge in [0.25, 0.3) is 0 Å². The number of aliphatic hydroxyl groups excluding tert-OH is 1. The summed E-state index contributed by atoms with van der Waals surface area (Å²) in [5.41, 5.74) is 5.05. The molecule has 0 saturated carbocycles. The van der Waals surface area contributed by atoms with Crippen molar-refractivity contribution in [3.8, 4) is 0 Å². The van der Waals surface area contributed by atoms with Crippen molar-refractivity contribution < 1.29 is 23.4 Å². The molecule has 2 rings (SSSR count). The molecule has 238 valence electrons. The average Bonchev–Trinajstić information content (AvgIpc) is 3.34. The maximum Gasteiger partial charge on any atom is 0.192 e. The van der Waals surface area contributed by atoms with Crippen molar-refractivity contribution in [2.75, 3.05) is 13.7 Å². The Hall–Kier alpha value is -2.55. The van der Waals surface area contributed by atoms with Crippen molar-refractivity contribution in [1.29, 1.82) is 0 Å². The Morgan fingerprint density at radius 3 is 2.35 bits per heavy atom. The molecule has 0 aliphatic rings. The van der Waals surface area contributed by atoms with Gasteiger partial charge in [0.15, 0.2) is 14.2 Å². The van der Waals surface area contributed by atoms with Gasteiger partial charge in [0.1, 0.15) is 12.0 Å². The highest BCUT2D eigenvalue weighted by Gasteiger charge is 2.37. The first kappa shape index (κ1) is 36.6. The van der Waals surface area contributed by atoms with E-state index in [9.17, 15) is 5.11 Å². The Kier molecular flexibility index (Phi) is 14.5. The van der Waals surface area contributed by atoms with Crippen LogP contribution in [0, 0.1) is 12.8 Å². The third kappa shape index (κ3) is 12.2. The molecule has 1 aromatic heterocycles. The van der Waals surface area contributed by atoms with E-state index in [1.54, 1.807) is 13.4 Å². The predicted octanol–water partition coefficient (Wildman–Crippen LogP) is 8.84. The van der Waals surface area contributed by atoms with E-state index < -0.39 is 14.4 Å². The zero-order chi connectivity index (χ0) is 32.2. The van der Waals surface area contributed by atoms with Crippen molar-refractivity contribution in [2.45, 2.75) is 105 Å². The third-order valence-corrected chi connectivity index (χ3v) is 12.9. The summed E-state index contributed by atoms with van der Waals surface area (Å²) in [5.74, 6) is 0.496. The Labute approximate surface area is 261 Å². The minimum atomic E-state index is -1.87. The molecule has 4 atom stereocenters. The van der Waals surface area contributed by atoms with Gasteiger partial charge in [-0.25, -0.2) is 4.98 Å². The fraction of sp³-hybridized carbons (Fsp3) is 0.528. The standard InChI is InChI=1S/C36H55NO5Si/c1-26(22-32-25-40-30(5)37-32)16-15-17-28(3)35(39-9)29(4)33(38)23-34(41-24-31-18-13-12-14-19-31)27(2)20-21-42-43(10,11)36(6,7)8/h12-20,22,25,29,33-35,38H,21,23-24H2,1-11H3/b16-15+,26-22+,27-20+,28-17+/t29-,33+,34-,35-/m0/s1. The van der Waals surface area contributed by atoms with Crippen molar-refractivity contribution in [1.82, 2.24) is 4.98 Å². The van der Waals surface area contributed by atoms with Crippen LogP contribution in [0.15, 0.2) is 82.0 Å². The normalized spacial score (nSPS) is 16.9. The summed E-state index contributed by atoms with van der Waals surface area (Å²) in [7, 11) is -0.177. The summed E-state index contributed by atoms with van der Waals surface area (Å²) in [6, 6.07) is 10.1. The number of allylic oxidation sites excluding steroid dienone is 4. The molecule has 2 aromatic rings.